The zero-order valence-electron chi connectivity index (χ0n) is 11.9. The van der Waals surface area contributed by atoms with Crippen LogP contribution in [0.25, 0.3) is 0 Å². The van der Waals surface area contributed by atoms with Crippen molar-refractivity contribution in [2.75, 3.05) is 6.61 Å². The molecular formula is C16H18N2O3. The normalized spacial score (nSPS) is 31.7. The number of ether oxygens (including phenoxy) is 1. The highest BCUT2D eigenvalue weighted by molar-refractivity contribution is 5.97. The second-order valence-corrected chi connectivity index (χ2v) is 6.11. The van der Waals surface area contributed by atoms with Crippen molar-refractivity contribution in [1.82, 2.24) is 10.2 Å². The second kappa shape index (κ2) is 4.48. The van der Waals surface area contributed by atoms with Gasteiger partial charge in [0.1, 0.15) is 24.4 Å². The van der Waals surface area contributed by atoms with Crippen LogP contribution in [0.15, 0.2) is 24.3 Å². The van der Waals surface area contributed by atoms with Crippen LogP contribution in [0.3, 0.4) is 0 Å². The number of hydrogen-bond acceptors (Lipinski definition) is 3. The average Bonchev–Trinajstić information content (AvgIpc) is 3.24. The summed E-state index contributed by atoms with van der Waals surface area (Å²) in [5.41, 5.74) is 1.00. The van der Waals surface area contributed by atoms with E-state index in [2.05, 4.69) is 5.32 Å². The van der Waals surface area contributed by atoms with Gasteiger partial charge in [-0.05, 0) is 31.7 Å². The number of piperazine rings is 1. The fourth-order valence-electron chi connectivity index (χ4n) is 3.36. The summed E-state index contributed by atoms with van der Waals surface area (Å²) in [6.07, 6.45) is 2.05. The number of rotatable bonds is 2. The van der Waals surface area contributed by atoms with Crippen LogP contribution in [0.2, 0.25) is 0 Å². The van der Waals surface area contributed by atoms with Gasteiger partial charge in [-0.2, -0.15) is 0 Å². The van der Waals surface area contributed by atoms with Gasteiger partial charge in [0.2, 0.25) is 11.8 Å². The van der Waals surface area contributed by atoms with Crippen molar-refractivity contribution in [2.24, 2.45) is 5.92 Å². The number of nitrogens with zero attached hydrogens (tertiary/aromatic N) is 1. The van der Waals surface area contributed by atoms with Crippen LogP contribution in [-0.2, 0) is 9.59 Å². The van der Waals surface area contributed by atoms with E-state index >= 15 is 0 Å². The van der Waals surface area contributed by atoms with E-state index < -0.39 is 6.04 Å². The Hall–Kier alpha value is -2.04. The Morgan fingerprint density at radius 1 is 1.24 bits per heavy atom. The Balaban J connectivity index is 1.69. The van der Waals surface area contributed by atoms with Crippen LogP contribution in [0, 0.1) is 5.92 Å². The molecule has 0 aromatic heterocycles. The number of amides is 2. The van der Waals surface area contributed by atoms with E-state index in [9.17, 15) is 9.59 Å². The van der Waals surface area contributed by atoms with Gasteiger partial charge in [0, 0.05) is 5.56 Å². The van der Waals surface area contributed by atoms with E-state index in [1.54, 1.807) is 11.8 Å². The van der Waals surface area contributed by atoms with Crippen LogP contribution in [0.1, 0.15) is 31.4 Å². The van der Waals surface area contributed by atoms with Crippen molar-refractivity contribution in [3.8, 4) is 5.75 Å². The standard InChI is InChI=1S/C16H18N2O3/c1-9-15(19)17-14(10-6-7-10)16(20)18(9)12-8-21-13-5-3-2-4-11(12)13/h2-5,9-10,12,14H,6-8H2,1H3,(H,17,19). The molecular weight excluding hydrogens is 268 g/mol. The van der Waals surface area contributed by atoms with Crippen LogP contribution in [-0.4, -0.2) is 35.4 Å². The van der Waals surface area contributed by atoms with E-state index in [0.29, 0.717) is 12.5 Å². The van der Waals surface area contributed by atoms with Gasteiger partial charge in [-0.15, -0.1) is 0 Å². The molecule has 3 unspecified atom stereocenters. The van der Waals surface area contributed by atoms with Crippen LogP contribution >= 0.6 is 0 Å². The van der Waals surface area contributed by atoms with Gasteiger partial charge in [0.15, 0.2) is 0 Å². The fourth-order valence-corrected chi connectivity index (χ4v) is 3.36. The summed E-state index contributed by atoms with van der Waals surface area (Å²) in [5, 5.41) is 2.88. The molecule has 5 heteroatoms. The highest BCUT2D eigenvalue weighted by Crippen LogP contribution is 2.41. The van der Waals surface area contributed by atoms with Crippen LogP contribution in [0.5, 0.6) is 5.75 Å². The molecule has 2 fully saturated rings. The largest absolute Gasteiger partial charge is 0.491 e. The molecule has 2 amide bonds. The highest BCUT2D eigenvalue weighted by atomic mass is 16.5. The Labute approximate surface area is 123 Å². The third kappa shape index (κ3) is 1.91. The van der Waals surface area contributed by atoms with E-state index in [1.165, 1.54) is 0 Å². The van der Waals surface area contributed by atoms with E-state index in [4.69, 9.17) is 4.74 Å². The molecule has 110 valence electrons. The molecule has 1 saturated heterocycles. The van der Waals surface area contributed by atoms with Crippen molar-refractivity contribution in [2.45, 2.75) is 37.9 Å². The number of hydrogen-bond donors (Lipinski definition) is 1. The maximum Gasteiger partial charge on any atom is 0.246 e. The van der Waals surface area contributed by atoms with Gasteiger partial charge >= 0.3 is 0 Å². The molecule has 1 aromatic carbocycles. The lowest BCUT2D eigenvalue weighted by molar-refractivity contribution is -0.152. The lowest BCUT2D eigenvalue weighted by Crippen LogP contribution is -2.63. The minimum absolute atomic E-state index is 0.0369. The zero-order chi connectivity index (χ0) is 14.6. The first kappa shape index (κ1) is 12.7. The Kier molecular flexibility index (Phi) is 2.71. The number of carbonyl (C=O) groups is 2. The van der Waals surface area contributed by atoms with Gasteiger partial charge in [-0.1, -0.05) is 18.2 Å². The molecule has 1 aromatic rings. The lowest BCUT2D eigenvalue weighted by Gasteiger charge is -2.40. The highest BCUT2D eigenvalue weighted by Gasteiger charge is 2.49. The van der Waals surface area contributed by atoms with E-state index in [-0.39, 0.29) is 23.9 Å². The molecule has 1 aliphatic carbocycles. The first-order valence-electron chi connectivity index (χ1n) is 7.51. The zero-order valence-corrected chi connectivity index (χ0v) is 11.9. The van der Waals surface area contributed by atoms with Gasteiger partial charge in [0.05, 0.1) is 6.04 Å². The molecule has 0 spiro atoms. The molecule has 3 atom stereocenters. The van der Waals surface area contributed by atoms with Gasteiger partial charge in [-0.25, -0.2) is 0 Å². The molecule has 0 radical (unpaired) electrons. The minimum atomic E-state index is -0.452. The average molecular weight is 286 g/mol. The third-order valence-corrected chi connectivity index (χ3v) is 4.72. The van der Waals surface area contributed by atoms with Crippen LogP contribution in [0.4, 0.5) is 0 Å². The van der Waals surface area contributed by atoms with Crippen molar-refractivity contribution in [3.63, 3.8) is 0 Å². The summed E-state index contributed by atoms with van der Waals surface area (Å²) in [4.78, 5) is 26.8. The molecule has 3 aliphatic rings. The molecule has 5 nitrogen and oxygen atoms in total. The van der Waals surface area contributed by atoms with Crippen LogP contribution < -0.4 is 10.1 Å². The quantitative estimate of drug-likeness (QED) is 0.890. The second-order valence-electron chi connectivity index (χ2n) is 6.11. The fraction of sp³-hybridized carbons (Fsp3) is 0.500. The maximum absolute atomic E-state index is 12.8. The minimum Gasteiger partial charge on any atom is -0.491 e. The van der Waals surface area contributed by atoms with Gasteiger partial charge in [-0.3, -0.25) is 9.59 Å². The van der Waals surface area contributed by atoms with Crippen molar-refractivity contribution in [1.29, 1.82) is 0 Å². The summed E-state index contributed by atoms with van der Waals surface area (Å²) in [7, 11) is 0. The monoisotopic (exact) mass is 286 g/mol. The predicted molar refractivity (Wildman–Crippen MR) is 75.6 cm³/mol. The van der Waals surface area contributed by atoms with Crippen molar-refractivity contribution >= 4 is 11.8 Å². The molecule has 2 aliphatic heterocycles. The predicted octanol–water partition coefficient (Wildman–Crippen LogP) is 1.25. The Morgan fingerprint density at radius 2 is 2.00 bits per heavy atom. The number of para-hydroxylation sites is 1. The van der Waals surface area contributed by atoms with Crippen molar-refractivity contribution < 1.29 is 14.3 Å². The summed E-state index contributed by atoms with van der Waals surface area (Å²) >= 11 is 0. The third-order valence-electron chi connectivity index (χ3n) is 4.72. The van der Waals surface area contributed by atoms with E-state index in [0.717, 1.165) is 24.2 Å². The molecule has 4 rings (SSSR count). The number of nitrogens with one attached hydrogen (secondary N) is 1. The maximum atomic E-state index is 12.8. The molecule has 1 saturated carbocycles. The Morgan fingerprint density at radius 3 is 2.76 bits per heavy atom. The Bertz CT molecular complexity index is 611. The number of benzene rings is 1. The topological polar surface area (TPSA) is 58.6 Å². The first-order chi connectivity index (χ1) is 10.2. The summed E-state index contributed by atoms with van der Waals surface area (Å²) in [6.45, 7) is 2.22. The smallest absolute Gasteiger partial charge is 0.246 e. The van der Waals surface area contributed by atoms with Crippen molar-refractivity contribution in [3.05, 3.63) is 29.8 Å². The SMILES string of the molecule is CC1C(=O)NC(C2CC2)C(=O)N1C1COc2ccccc21. The summed E-state index contributed by atoms with van der Waals surface area (Å²) in [6, 6.07) is 6.79. The molecule has 1 N–H and O–H groups in total. The number of fused-ring (bicyclic) bond motifs is 1. The molecule has 0 bridgehead atoms. The van der Waals surface area contributed by atoms with E-state index in [1.807, 2.05) is 24.3 Å². The lowest BCUT2D eigenvalue weighted by atomic mass is 9.99. The number of carbonyl (C=O) groups excluding carboxylic acids is 2. The summed E-state index contributed by atoms with van der Waals surface area (Å²) < 4.78 is 5.68. The molecule has 2 heterocycles. The van der Waals surface area contributed by atoms with Gasteiger partial charge < -0.3 is 15.0 Å². The summed E-state index contributed by atoms with van der Waals surface area (Å²) in [5.74, 6) is 1.11. The van der Waals surface area contributed by atoms with Gasteiger partial charge in [0.25, 0.3) is 0 Å². The molecule has 21 heavy (non-hydrogen) atoms. The first-order valence-corrected chi connectivity index (χ1v) is 7.51.